The first kappa shape index (κ1) is 27.2. The Morgan fingerprint density at radius 3 is 2.47 bits per heavy atom. The highest BCUT2D eigenvalue weighted by atomic mass is 32.1. The maximum Gasteiger partial charge on any atom is 0.145 e. The van der Waals surface area contributed by atoms with Gasteiger partial charge in [-0.15, -0.1) is 11.3 Å². The molecule has 2 nitrogen and oxygen atoms in total. The number of aryl methyl sites for hydroxylation is 2. The molecule has 9 atom stereocenters. The average Bonchev–Trinajstić information content (AvgIpc) is 3.45. The zero-order valence-corrected chi connectivity index (χ0v) is 25.7. The summed E-state index contributed by atoms with van der Waals surface area (Å²) in [5.41, 5.74) is 4.82. The van der Waals surface area contributed by atoms with Crippen LogP contribution in [0.1, 0.15) is 114 Å². The van der Waals surface area contributed by atoms with Gasteiger partial charge < -0.3 is 5.11 Å². The molecule has 4 heteroatoms. The van der Waals surface area contributed by atoms with E-state index in [-0.39, 0.29) is 22.8 Å². The van der Waals surface area contributed by atoms with Crippen molar-refractivity contribution in [2.45, 2.75) is 125 Å². The Morgan fingerprint density at radius 2 is 1.71 bits per heavy atom. The molecule has 1 N–H and O–H groups in total. The van der Waals surface area contributed by atoms with E-state index in [2.05, 4.69) is 34.6 Å². The zero-order chi connectivity index (χ0) is 27.2. The van der Waals surface area contributed by atoms with Crippen molar-refractivity contribution in [2.75, 3.05) is 0 Å². The molecule has 0 spiro atoms. The van der Waals surface area contributed by atoms with Crippen LogP contribution in [0.3, 0.4) is 0 Å². The minimum absolute atomic E-state index is 0.0743. The summed E-state index contributed by atoms with van der Waals surface area (Å²) in [6.07, 6.45) is 13.6. The lowest BCUT2D eigenvalue weighted by Gasteiger charge is -2.63. The third kappa shape index (κ3) is 3.67. The molecule has 0 amide bonds. The van der Waals surface area contributed by atoms with Crippen LogP contribution in [0.4, 0.5) is 4.39 Å². The fraction of sp³-hybridized carbons (Fsp3) is 0.794. The van der Waals surface area contributed by atoms with E-state index in [1.54, 1.807) is 11.3 Å². The molecule has 1 aromatic carbocycles. The molecule has 4 aliphatic carbocycles. The molecule has 2 unspecified atom stereocenters. The van der Waals surface area contributed by atoms with Crippen molar-refractivity contribution >= 4 is 21.6 Å². The fourth-order valence-electron chi connectivity index (χ4n) is 10.7. The third-order valence-corrected chi connectivity index (χ3v) is 14.9. The summed E-state index contributed by atoms with van der Waals surface area (Å²) in [5, 5.41) is 12.7. The maximum atomic E-state index is 15.0. The molecular formula is C34H50FNOS. The van der Waals surface area contributed by atoms with Gasteiger partial charge in [-0.05, 0) is 141 Å². The second kappa shape index (κ2) is 9.26. The lowest BCUT2D eigenvalue weighted by atomic mass is 9.42. The molecule has 4 fully saturated rings. The topological polar surface area (TPSA) is 33.1 Å². The number of halogens is 1. The first-order valence-electron chi connectivity index (χ1n) is 15.6. The predicted molar refractivity (Wildman–Crippen MR) is 157 cm³/mol. The van der Waals surface area contributed by atoms with Gasteiger partial charge in [0.2, 0.25) is 0 Å². The summed E-state index contributed by atoms with van der Waals surface area (Å²) in [7, 11) is 0. The van der Waals surface area contributed by atoms with Gasteiger partial charge >= 0.3 is 0 Å². The number of hydrogen-bond donors (Lipinski definition) is 1. The molecule has 4 aliphatic rings. The van der Waals surface area contributed by atoms with Gasteiger partial charge in [0.25, 0.3) is 0 Å². The molecule has 1 aromatic heterocycles. The summed E-state index contributed by atoms with van der Waals surface area (Å²) in [6, 6.07) is 0. The largest absolute Gasteiger partial charge is 0.393 e. The highest BCUT2D eigenvalue weighted by Crippen LogP contribution is 2.72. The van der Waals surface area contributed by atoms with Crippen LogP contribution < -0.4 is 0 Å². The van der Waals surface area contributed by atoms with Crippen LogP contribution >= 0.6 is 11.3 Å². The van der Waals surface area contributed by atoms with Crippen molar-refractivity contribution in [3.8, 4) is 0 Å². The zero-order valence-electron chi connectivity index (χ0n) is 24.9. The number of fused-ring (bicyclic) bond motifs is 6. The number of benzene rings is 1. The van der Waals surface area contributed by atoms with Crippen LogP contribution in [-0.4, -0.2) is 16.2 Å². The summed E-state index contributed by atoms with van der Waals surface area (Å²) >= 11 is 1.57. The van der Waals surface area contributed by atoms with E-state index in [0.717, 1.165) is 57.1 Å². The van der Waals surface area contributed by atoms with E-state index in [1.165, 1.54) is 51.4 Å². The van der Waals surface area contributed by atoms with Gasteiger partial charge in [-0.2, -0.15) is 0 Å². The second-order valence-electron chi connectivity index (χ2n) is 14.9. The first-order chi connectivity index (χ1) is 17.9. The molecule has 38 heavy (non-hydrogen) atoms. The number of rotatable bonds is 4. The average molecular weight is 540 g/mol. The number of nitrogens with zero attached hydrogens (tertiary/aromatic N) is 1. The monoisotopic (exact) mass is 539 g/mol. The van der Waals surface area contributed by atoms with E-state index in [0.29, 0.717) is 29.1 Å². The molecule has 6 rings (SSSR count). The van der Waals surface area contributed by atoms with Gasteiger partial charge in [0, 0.05) is 0 Å². The van der Waals surface area contributed by atoms with Crippen LogP contribution in [0.5, 0.6) is 0 Å². The van der Waals surface area contributed by atoms with Crippen molar-refractivity contribution in [2.24, 2.45) is 45.8 Å². The number of aliphatic hydroxyl groups excluding tert-OH is 1. The van der Waals surface area contributed by atoms with E-state index in [4.69, 9.17) is 4.98 Å². The Morgan fingerprint density at radius 1 is 0.974 bits per heavy atom. The van der Waals surface area contributed by atoms with Gasteiger partial charge in [0.05, 0.1) is 21.3 Å². The molecule has 0 aliphatic heterocycles. The summed E-state index contributed by atoms with van der Waals surface area (Å²) < 4.78 is 15.8. The highest BCUT2D eigenvalue weighted by Gasteiger charge is 2.65. The van der Waals surface area contributed by atoms with Crippen molar-refractivity contribution in [1.29, 1.82) is 0 Å². The Bertz CT molecular complexity index is 1190. The SMILES string of the molecule is Cc1c(C)c(F)c2sc(CCC(C)[C@@]3(C)CC[C@H]4[C@H]5C(CC[C@@]43C)[C@@]3(C)CCCC[C@H]3C[C@H]5O)nc2c1C. The number of aromatic nitrogens is 1. The van der Waals surface area contributed by atoms with Crippen LogP contribution in [0.15, 0.2) is 0 Å². The molecule has 2 aromatic rings. The normalized spacial score (nSPS) is 41.6. The standard InChI is InChI=1S/C34H50FNOS/c1-19(11-12-27-36-30-22(4)20(2)21(3)29(35)31(30)38-27)33(6)16-14-25-28-24(13-17-34(25,33)7)32(5)15-9-8-10-23(32)18-26(28)37/h19,23-26,28,37H,8-18H2,1-7H3/t19?,23-,24?,25-,26+,28+,32-,33+,34-/m0/s1. The molecule has 210 valence electrons. The summed E-state index contributed by atoms with van der Waals surface area (Å²) in [6.45, 7) is 16.2. The van der Waals surface area contributed by atoms with Gasteiger partial charge in [-0.3, -0.25) is 0 Å². The van der Waals surface area contributed by atoms with Crippen LogP contribution in [0.25, 0.3) is 10.2 Å². The number of thiazole rings is 1. The van der Waals surface area contributed by atoms with Crippen molar-refractivity contribution in [1.82, 2.24) is 4.98 Å². The quantitative estimate of drug-likeness (QED) is 0.420. The Kier molecular flexibility index (Phi) is 6.63. The van der Waals surface area contributed by atoms with Gasteiger partial charge in [0.15, 0.2) is 0 Å². The fourth-order valence-corrected chi connectivity index (χ4v) is 11.8. The maximum absolute atomic E-state index is 15.0. The third-order valence-electron chi connectivity index (χ3n) is 13.8. The molecule has 4 saturated carbocycles. The summed E-state index contributed by atoms with van der Waals surface area (Å²) in [5.74, 6) is 3.08. The summed E-state index contributed by atoms with van der Waals surface area (Å²) in [4.78, 5) is 4.95. The molecule has 1 heterocycles. The van der Waals surface area contributed by atoms with Gasteiger partial charge in [0.1, 0.15) is 5.82 Å². The van der Waals surface area contributed by atoms with Crippen molar-refractivity contribution in [3.05, 3.63) is 27.5 Å². The Hall–Kier alpha value is -1.00. The number of aliphatic hydroxyl groups is 1. The van der Waals surface area contributed by atoms with E-state index < -0.39 is 0 Å². The highest BCUT2D eigenvalue weighted by molar-refractivity contribution is 7.18. The van der Waals surface area contributed by atoms with Crippen molar-refractivity contribution < 1.29 is 9.50 Å². The Balaban J connectivity index is 1.22. The second-order valence-corrected chi connectivity index (χ2v) is 16.0. The minimum Gasteiger partial charge on any atom is -0.393 e. The molecule has 0 bridgehead atoms. The van der Waals surface area contributed by atoms with Crippen LogP contribution in [-0.2, 0) is 6.42 Å². The van der Waals surface area contributed by atoms with Crippen LogP contribution in [0.2, 0.25) is 0 Å². The lowest BCUT2D eigenvalue weighted by molar-refractivity contribution is -0.174. The first-order valence-corrected chi connectivity index (χ1v) is 16.5. The smallest absolute Gasteiger partial charge is 0.145 e. The van der Waals surface area contributed by atoms with Gasteiger partial charge in [-0.25, -0.2) is 9.37 Å². The molecular weight excluding hydrogens is 489 g/mol. The Labute approximate surface area is 234 Å². The van der Waals surface area contributed by atoms with E-state index in [9.17, 15) is 5.11 Å². The van der Waals surface area contributed by atoms with Crippen molar-refractivity contribution in [3.63, 3.8) is 0 Å². The van der Waals surface area contributed by atoms with Gasteiger partial charge in [-0.1, -0.05) is 40.5 Å². The predicted octanol–water partition coefficient (Wildman–Crippen LogP) is 9.34. The number of hydrogen-bond acceptors (Lipinski definition) is 3. The van der Waals surface area contributed by atoms with Crippen LogP contribution in [0, 0.1) is 72.4 Å². The molecule has 0 radical (unpaired) electrons. The lowest BCUT2D eigenvalue weighted by Crippen LogP contribution is -2.59. The molecule has 0 saturated heterocycles. The van der Waals surface area contributed by atoms with E-state index in [1.807, 2.05) is 13.8 Å². The van der Waals surface area contributed by atoms with E-state index >= 15 is 4.39 Å². The minimum atomic E-state index is -0.105.